The lowest BCUT2D eigenvalue weighted by atomic mass is 9.91. The summed E-state index contributed by atoms with van der Waals surface area (Å²) in [6.45, 7) is 4.85. The van der Waals surface area contributed by atoms with Crippen molar-refractivity contribution in [2.75, 3.05) is 13.2 Å². The second kappa shape index (κ2) is 11.9. The number of aliphatic carboxylic acids is 1. The Morgan fingerprint density at radius 2 is 1.62 bits per heavy atom. The zero-order valence-corrected chi connectivity index (χ0v) is 20.8. The smallest absolute Gasteiger partial charge is 0.304 e. The van der Waals surface area contributed by atoms with Crippen LogP contribution in [0.5, 0.6) is 11.5 Å². The molecule has 1 atom stereocenters. The molecule has 7 nitrogen and oxygen atoms in total. The lowest BCUT2D eigenvalue weighted by molar-refractivity contribution is -0.137. The van der Waals surface area contributed by atoms with Crippen LogP contribution in [-0.2, 0) is 4.79 Å². The van der Waals surface area contributed by atoms with Gasteiger partial charge >= 0.3 is 5.97 Å². The molecule has 1 amide bonds. The first-order valence-corrected chi connectivity index (χ1v) is 12.1. The molecule has 1 aliphatic heterocycles. The molecule has 0 saturated carbocycles. The van der Waals surface area contributed by atoms with Crippen LogP contribution in [0.15, 0.2) is 83.9 Å². The van der Waals surface area contributed by atoms with Gasteiger partial charge in [-0.1, -0.05) is 48.5 Å². The highest BCUT2D eigenvalue weighted by molar-refractivity contribution is 6.12. The van der Waals surface area contributed by atoms with Gasteiger partial charge in [0.15, 0.2) is 11.5 Å². The molecule has 1 aliphatic rings. The van der Waals surface area contributed by atoms with Gasteiger partial charge in [-0.25, -0.2) is 4.99 Å². The Kier molecular flexibility index (Phi) is 8.26. The number of carboxylic acid groups (broad SMARTS) is 1. The third-order valence-electron chi connectivity index (χ3n) is 5.84. The standard InChI is InChI=1S/C22H23NO4.C8H5NO/c1-3-26-20-12-10-16(13-21(20)27-4-2)17(14-22(24)25)19-11-9-15-7-5-6-8-18(15)23-19;10-8-7-4-2-1-3-6(7)5-9-8/h5-13,17H,3-4,14H2,1-2H3,(H,24,25);1-5H. The molecular formula is C30H28N2O5. The van der Waals surface area contributed by atoms with Gasteiger partial charge in [-0.2, -0.15) is 0 Å². The number of pyridine rings is 1. The Bertz CT molecular complexity index is 1450. The quantitative estimate of drug-likeness (QED) is 0.326. The number of carbonyl (C=O) groups excluding carboxylic acids is 1. The molecule has 0 spiro atoms. The number of carboxylic acids is 1. The number of ether oxygens (including phenoxy) is 2. The molecule has 3 aromatic carbocycles. The SMILES string of the molecule is CCOc1ccc(C(CC(=O)O)c2ccc3ccccc3n2)cc1OCC.O=C1N=Cc2ccccc21. The van der Waals surface area contributed by atoms with Crippen LogP contribution in [0.3, 0.4) is 0 Å². The number of aliphatic imine (C=N–C) groups is 1. The van der Waals surface area contributed by atoms with E-state index in [2.05, 4.69) is 4.99 Å². The van der Waals surface area contributed by atoms with Crippen molar-refractivity contribution in [3.63, 3.8) is 0 Å². The summed E-state index contributed by atoms with van der Waals surface area (Å²) in [5.41, 5.74) is 4.05. The van der Waals surface area contributed by atoms with Crippen molar-refractivity contribution in [2.45, 2.75) is 26.2 Å². The Balaban J connectivity index is 0.000000265. The van der Waals surface area contributed by atoms with Gasteiger partial charge in [0.05, 0.1) is 30.7 Å². The third kappa shape index (κ3) is 6.19. The van der Waals surface area contributed by atoms with Crippen LogP contribution in [0.4, 0.5) is 0 Å². The maximum absolute atomic E-state index is 11.5. The van der Waals surface area contributed by atoms with Crippen molar-refractivity contribution in [3.8, 4) is 11.5 Å². The van der Waals surface area contributed by atoms with Crippen LogP contribution in [0.1, 0.15) is 53.4 Å². The normalized spacial score (nSPS) is 12.4. The molecule has 1 aromatic heterocycles. The topological polar surface area (TPSA) is 98.1 Å². The van der Waals surface area contributed by atoms with Crippen LogP contribution in [0.25, 0.3) is 10.9 Å². The van der Waals surface area contributed by atoms with E-state index < -0.39 is 5.97 Å². The molecule has 1 N–H and O–H groups in total. The van der Waals surface area contributed by atoms with Gasteiger partial charge in [-0.15, -0.1) is 0 Å². The largest absolute Gasteiger partial charge is 0.490 e. The number of fused-ring (bicyclic) bond motifs is 2. The Labute approximate surface area is 215 Å². The van der Waals surface area contributed by atoms with Gasteiger partial charge in [0.2, 0.25) is 0 Å². The molecule has 0 radical (unpaired) electrons. The van der Waals surface area contributed by atoms with Gasteiger partial charge in [-0.3, -0.25) is 14.6 Å². The lowest BCUT2D eigenvalue weighted by Gasteiger charge is -2.18. The molecule has 0 fully saturated rings. The second-order valence-electron chi connectivity index (χ2n) is 8.30. The van der Waals surface area contributed by atoms with E-state index in [0.29, 0.717) is 30.3 Å². The average Bonchev–Trinajstić information content (AvgIpc) is 3.29. The number of hydrogen-bond acceptors (Lipinski definition) is 5. The maximum atomic E-state index is 11.5. The van der Waals surface area contributed by atoms with Crippen molar-refractivity contribution < 1.29 is 24.2 Å². The summed E-state index contributed by atoms with van der Waals surface area (Å²) in [6.07, 6.45) is 1.54. The van der Waals surface area contributed by atoms with Crippen molar-refractivity contribution in [2.24, 2.45) is 4.99 Å². The third-order valence-corrected chi connectivity index (χ3v) is 5.84. The highest BCUT2D eigenvalue weighted by atomic mass is 16.5. The molecule has 0 saturated heterocycles. The summed E-state index contributed by atoms with van der Waals surface area (Å²) in [6, 6.07) is 24.6. The molecule has 37 heavy (non-hydrogen) atoms. The van der Waals surface area contributed by atoms with E-state index in [9.17, 15) is 14.7 Å². The van der Waals surface area contributed by atoms with Crippen molar-refractivity contribution in [3.05, 3.63) is 101 Å². The minimum atomic E-state index is -0.873. The number of carbonyl (C=O) groups is 2. The first-order chi connectivity index (χ1) is 18.0. The van der Waals surface area contributed by atoms with Crippen LogP contribution in [0, 0.1) is 0 Å². The summed E-state index contributed by atoms with van der Waals surface area (Å²) in [7, 11) is 0. The molecule has 7 heteroatoms. The van der Waals surface area contributed by atoms with Crippen molar-refractivity contribution >= 4 is 29.0 Å². The van der Waals surface area contributed by atoms with E-state index in [0.717, 1.165) is 27.7 Å². The lowest BCUT2D eigenvalue weighted by Crippen LogP contribution is -2.10. The van der Waals surface area contributed by atoms with Gasteiger partial charge < -0.3 is 14.6 Å². The average molecular weight is 497 g/mol. The van der Waals surface area contributed by atoms with Crippen molar-refractivity contribution in [1.29, 1.82) is 0 Å². The van der Waals surface area contributed by atoms with E-state index >= 15 is 0 Å². The molecular weight excluding hydrogens is 468 g/mol. The minimum Gasteiger partial charge on any atom is -0.490 e. The zero-order valence-electron chi connectivity index (χ0n) is 20.8. The molecule has 0 aliphatic carbocycles. The van der Waals surface area contributed by atoms with E-state index in [1.165, 1.54) is 0 Å². The number of benzene rings is 3. The fourth-order valence-electron chi connectivity index (χ4n) is 4.13. The van der Waals surface area contributed by atoms with Gasteiger partial charge in [-0.05, 0) is 49.7 Å². The summed E-state index contributed by atoms with van der Waals surface area (Å²) in [4.78, 5) is 30.7. The van der Waals surface area contributed by atoms with Gasteiger partial charge in [0.1, 0.15) is 0 Å². The molecule has 188 valence electrons. The minimum absolute atomic E-state index is 0.0507. The Morgan fingerprint density at radius 3 is 2.38 bits per heavy atom. The number of para-hydroxylation sites is 1. The zero-order chi connectivity index (χ0) is 26.2. The molecule has 4 aromatic rings. The van der Waals surface area contributed by atoms with E-state index in [1.807, 2.05) is 86.6 Å². The predicted octanol–water partition coefficient (Wildman–Crippen LogP) is 5.90. The Hall–Kier alpha value is -4.52. The fraction of sp³-hybridized carbons (Fsp3) is 0.200. The van der Waals surface area contributed by atoms with Crippen molar-refractivity contribution in [1.82, 2.24) is 4.98 Å². The highest BCUT2D eigenvalue weighted by Gasteiger charge is 2.21. The van der Waals surface area contributed by atoms with Gasteiger partial charge in [0, 0.05) is 28.8 Å². The summed E-state index contributed by atoms with van der Waals surface area (Å²) in [5.74, 6) is -0.101. The van der Waals surface area contributed by atoms with Crippen LogP contribution in [-0.4, -0.2) is 41.4 Å². The fourth-order valence-corrected chi connectivity index (χ4v) is 4.13. The number of nitrogens with zero attached hydrogens (tertiary/aromatic N) is 2. The van der Waals surface area contributed by atoms with E-state index in [-0.39, 0.29) is 18.2 Å². The molecule has 2 heterocycles. The first kappa shape index (κ1) is 25.6. The van der Waals surface area contributed by atoms with Crippen LogP contribution >= 0.6 is 0 Å². The number of hydrogen-bond donors (Lipinski definition) is 1. The number of amides is 1. The molecule has 5 rings (SSSR count). The Morgan fingerprint density at radius 1 is 0.892 bits per heavy atom. The van der Waals surface area contributed by atoms with Crippen LogP contribution in [0.2, 0.25) is 0 Å². The molecule has 0 bridgehead atoms. The highest BCUT2D eigenvalue weighted by Crippen LogP contribution is 2.35. The van der Waals surface area contributed by atoms with Gasteiger partial charge in [0.25, 0.3) is 5.91 Å². The molecule has 1 unspecified atom stereocenters. The predicted molar refractivity (Wildman–Crippen MR) is 143 cm³/mol. The van der Waals surface area contributed by atoms with E-state index in [1.54, 1.807) is 12.3 Å². The summed E-state index contributed by atoms with van der Waals surface area (Å²) in [5, 5.41) is 10.5. The second-order valence-corrected chi connectivity index (χ2v) is 8.30. The van der Waals surface area contributed by atoms with Crippen LogP contribution < -0.4 is 9.47 Å². The number of aromatic nitrogens is 1. The summed E-state index contributed by atoms with van der Waals surface area (Å²) >= 11 is 0. The summed E-state index contributed by atoms with van der Waals surface area (Å²) < 4.78 is 11.3. The first-order valence-electron chi connectivity index (χ1n) is 12.1. The number of rotatable bonds is 8. The van der Waals surface area contributed by atoms with E-state index in [4.69, 9.17) is 14.5 Å². The maximum Gasteiger partial charge on any atom is 0.304 e. The monoisotopic (exact) mass is 496 g/mol.